The molecule has 0 heterocycles. The highest BCUT2D eigenvalue weighted by Crippen LogP contribution is 1.95. The number of halogens is 1. The van der Waals surface area contributed by atoms with Crippen molar-refractivity contribution in [1.29, 1.82) is 5.26 Å². The third-order valence-corrected chi connectivity index (χ3v) is 2.16. The summed E-state index contributed by atoms with van der Waals surface area (Å²) in [5.41, 5.74) is 0. The fraction of sp³-hybridized carbons (Fsp3) is 0.875. The van der Waals surface area contributed by atoms with E-state index in [0.29, 0.717) is 6.42 Å². The first-order valence-corrected chi connectivity index (χ1v) is 5.12. The van der Waals surface area contributed by atoms with Crippen LogP contribution in [0.2, 0.25) is 0 Å². The van der Waals surface area contributed by atoms with Gasteiger partial charge in [0.25, 0.3) is 0 Å². The van der Waals surface area contributed by atoms with Crippen molar-refractivity contribution in [3.05, 3.63) is 0 Å². The molecule has 0 aromatic heterocycles. The maximum atomic E-state index is 8.35. The SMILES string of the molecule is CCN(CCC#N)CCCBr. The first-order valence-electron chi connectivity index (χ1n) is 4.00. The number of alkyl halides is 1. The van der Waals surface area contributed by atoms with Crippen LogP contribution >= 0.6 is 15.9 Å². The van der Waals surface area contributed by atoms with Gasteiger partial charge < -0.3 is 4.90 Å². The van der Waals surface area contributed by atoms with Crippen molar-refractivity contribution in [2.75, 3.05) is 25.0 Å². The smallest absolute Gasteiger partial charge is 0.0635 e. The topological polar surface area (TPSA) is 27.0 Å². The van der Waals surface area contributed by atoms with E-state index < -0.39 is 0 Å². The molecule has 3 heteroatoms. The number of hydrogen-bond donors (Lipinski definition) is 0. The molecule has 0 aromatic rings. The van der Waals surface area contributed by atoms with Crippen LogP contribution in [0.4, 0.5) is 0 Å². The zero-order chi connectivity index (χ0) is 8.53. The van der Waals surface area contributed by atoms with Crippen LogP contribution in [-0.4, -0.2) is 29.9 Å². The molecule has 0 aromatic carbocycles. The molecule has 0 fully saturated rings. The van der Waals surface area contributed by atoms with Crippen molar-refractivity contribution in [1.82, 2.24) is 4.90 Å². The van der Waals surface area contributed by atoms with E-state index in [1.165, 1.54) is 6.42 Å². The fourth-order valence-electron chi connectivity index (χ4n) is 0.920. The molecule has 0 rings (SSSR count). The van der Waals surface area contributed by atoms with E-state index in [1.807, 2.05) is 0 Å². The monoisotopic (exact) mass is 218 g/mol. The molecular weight excluding hydrogens is 204 g/mol. The Morgan fingerprint density at radius 2 is 2.18 bits per heavy atom. The molecule has 0 radical (unpaired) electrons. The van der Waals surface area contributed by atoms with E-state index in [4.69, 9.17) is 5.26 Å². The number of nitriles is 1. The third-order valence-electron chi connectivity index (χ3n) is 1.60. The molecule has 0 spiro atoms. The van der Waals surface area contributed by atoms with Crippen LogP contribution in [0.5, 0.6) is 0 Å². The molecule has 64 valence electrons. The Hall–Kier alpha value is -0.0700. The minimum absolute atomic E-state index is 0.649. The molecule has 0 aliphatic rings. The van der Waals surface area contributed by atoms with Gasteiger partial charge in [-0.25, -0.2) is 0 Å². The molecule has 0 N–H and O–H groups in total. The van der Waals surface area contributed by atoms with Gasteiger partial charge in [0.2, 0.25) is 0 Å². The van der Waals surface area contributed by atoms with Crippen molar-refractivity contribution in [2.45, 2.75) is 19.8 Å². The summed E-state index contributed by atoms with van der Waals surface area (Å²) in [5.74, 6) is 0. The normalized spacial score (nSPS) is 10.0. The summed E-state index contributed by atoms with van der Waals surface area (Å²) in [4.78, 5) is 2.30. The largest absolute Gasteiger partial charge is 0.303 e. The van der Waals surface area contributed by atoms with Crippen LogP contribution < -0.4 is 0 Å². The second kappa shape index (κ2) is 8.03. The van der Waals surface area contributed by atoms with E-state index in [1.54, 1.807) is 0 Å². The summed E-state index contributed by atoms with van der Waals surface area (Å²) in [5, 5.41) is 9.40. The summed E-state index contributed by atoms with van der Waals surface area (Å²) in [6, 6.07) is 2.16. The highest BCUT2D eigenvalue weighted by Gasteiger charge is 1.99. The van der Waals surface area contributed by atoms with E-state index in [9.17, 15) is 0 Å². The summed E-state index contributed by atoms with van der Waals surface area (Å²) in [6.07, 6.45) is 1.81. The lowest BCUT2D eigenvalue weighted by Gasteiger charge is -2.17. The molecule has 0 saturated carbocycles. The predicted octanol–water partition coefficient (Wildman–Crippen LogP) is 2.01. The molecule has 0 amide bonds. The minimum atomic E-state index is 0.649. The first-order chi connectivity index (χ1) is 5.35. The molecule has 0 atom stereocenters. The summed E-state index contributed by atoms with van der Waals surface area (Å²) >= 11 is 3.38. The van der Waals surface area contributed by atoms with Gasteiger partial charge in [-0.05, 0) is 19.5 Å². The van der Waals surface area contributed by atoms with Gasteiger partial charge in [-0.3, -0.25) is 0 Å². The Kier molecular flexibility index (Phi) is 7.98. The zero-order valence-corrected chi connectivity index (χ0v) is 8.60. The fourth-order valence-corrected chi connectivity index (χ4v) is 1.17. The highest BCUT2D eigenvalue weighted by atomic mass is 79.9. The Morgan fingerprint density at radius 1 is 1.45 bits per heavy atom. The summed E-state index contributed by atoms with van der Waals surface area (Å²) in [6.45, 7) is 5.20. The Morgan fingerprint density at radius 3 is 2.64 bits per heavy atom. The van der Waals surface area contributed by atoms with Gasteiger partial charge in [-0.1, -0.05) is 22.9 Å². The lowest BCUT2D eigenvalue weighted by molar-refractivity contribution is 0.297. The predicted molar refractivity (Wildman–Crippen MR) is 50.8 cm³/mol. The van der Waals surface area contributed by atoms with Gasteiger partial charge in [0.05, 0.1) is 6.07 Å². The minimum Gasteiger partial charge on any atom is -0.303 e. The van der Waals surface area contributed by atoms with Crippen LogP contribution in [0.25, 0.3) is 0 Å². The van der Waals surface area contributed by atoms with Crippen molar-refractivity contribution in [3.8, 4) is 6.07 Å². The maximum Gasteiger partial charge on any atom is 0.0635 e. The van der Waals surface area contributed by atoms with Crippen LogP contribution in [0.1, 0.15) is 19.8 Å². The lowest BCUT2D eigenvalue weighted by atomic mass is 10.3. The number of nitrogens with zero attached hydrogens (tertiary/aromatic N) is 2. The lowest BCUT2D eigenvalue weighted by Crippen LogP contribution is -2.25. The molecule has 0 aliphatic heterocycles. The first kappa shape index (κ1) is 10.9. The van der Waals surface area contributed by atoms with Crippen molar-refractivity contribution in [3.63, 3.8) is 0 Å². The van der Waals surface area contributed by atoms with Gasteiger partial charge in [-0.15, -0.1) is 0 Å². The molecular formula is C8H15BrN2. The number of hydrogen-bond acceptors (Lipinski definition) is 2. The second-order valence-corrected chi connectivity index (χ2v) is 3.18. The van der Waals surface area contributed by atoms with Crippen LogP contribution in [0, 0.1) is 11.3 Å². The Labute approximate surface area is 77.3 Å². The van der Waals surface area contributed by atoms with E-state index >= 15 is 0 Å². The van der Waals surface area contributed by atoms with Crippen LogP contribution in [0.3, 0.4) is 0 Å². The Bertz CT molecular complexity index is 120. The highest BCUT2D eigenvalue weighted by molar-refractivity contribution is 9.09. The zero-order valence-electron chi connectivity index (χ0n) is 7.02. The van der Waals surface area contributed by atoms with Crippen molar-refractivity contribution >= 4 is 15.9 Å². The average Bonchev–Trinajstić information content (AvgIpc) is 2.05. The van der Waals surface area contributed by atoms with Crippen LogP contribution in [0.15, 0.2) is 0 Å². The molecule has 2 nitrogen and oxygen atoms in total. The molecule has 0 saturated heterocycles. The third kappa shape index (κ3) is 6.33. The van der Waals surface area contributed by atoms with E-state index in [-0.39, 0.29) is 0 Å². The Balaban J connectivity index is 3.34. The van der Waals surface area contributed by atoms with Gasteiger partial charge in [0.15, 0.2) is 0 Å². The molecule has 11 heavy (non-hydrogen) atoms. The summed E-state index contributed by atoms with van der Waals surface area (Å²) < 4.78 is 0. The van der Waals surface area contributed by atoms with Gasteiger partial charge in [0.1, 0.15) is 0 Å². The average molecular weight is 219 g/mol. The summed E-state index contributed by atoms with van der Waals surface area (Å²) in [7, 11) is 0. The van der Waals surface area contributed by atoms with E-state index in [0.717, 1.165) is 25.0 Å². The molecule has 0 bridgehead atoms. The van der Waals surface area contributed by atoms with Crippen molar-refractivity contribution < 1.29 is 0 Å². The van der Waals surface area contributed by atoms with Crippen molar-refractivity contribution in [2.24, 2.45) is 0 Å². The maximum absolute atomic E-state index is 8.35. The molecule has 0 aliphatic carbocycles. The molecule has 0 unspecified atom stereocenters. The van der Waals surface area contributed by atoms with Gasteiger partial charge in [0, 0.05) is 18.3 Å². The van der Waals surface area contributed by atoms with Gasteiger partial charge in [-0.2, -0.15) is 5.26 Å². The van der Waals surface area contributed by atoms with E-state index in [2.05, 4.69) is 33.8 Å². The quantitative estimate of drug-likeness (QED) is 0.639. The number of rotatable bonds is 6. The standard InChI is InChI=1S/C8H15BrN2/c1-2-11(7-3-5-9)8-4-6-10/h2-5,7-8H2,1H3. The van der Waals surface area contributed by atoms with Gasteiger partial charge >= 0.3 is 0 Å². The van der Waals surface area contributed by atoms with Crippen LogP contribution in [-0.2, 0) is 0 Å². The second-order valence-electron chi connectivity index (χ2n) is 2.38.